The highest BCUT2D eigenvalue weighted by atomic mass is 16.5. The van der Waals surface area contributed by atoms with Crippen molar-refractivity contribution in [2.45, 2.75) is 13.8 Å². The number of rotatable bonds is 5. The number of nitrogens with one attached hydrogen (secondary N) is 1. The van der Waals surface area contributed by atoms with Gasteiger partial charge in [0.05, 0.1) is 18.2 Å². The van der Waals surface area contributed by atoms with Crippen molar-refractivity contribution in [1.29, 1.82) is 5.26 Å². The Kier molecular flexibility index (Phi) is 5.16. The summed E-state index contributed by atoms with van der Waals surface area (Å²) in [5.74, 6) is 1.02. The number of hydrogen-bond donors (Lipinski definition) is 1. The van der Waals surface area contributed by atoms with Crippen LogP contribution in [-0.4, -0.2) is 12.5 Å². The summed E-state index contributed by atoms with van der Waals surface area (Å²) in [5, 5.41) is 11.5. The quantitative estimate of drug-likeness (QED) is 0.911. The average molecular weight is 294 g/mol. The van der Waals surface area contributed by atoms with E-state index in [2.05, 4.69) is 19.2 Å². The largest absolute Gasteiger partial charge is 0.493 e. The molecule has 0 saturated heterocycles. The number of nitrogens with zero attached hydrogens (tertiary/aromatic N) is 1. The van der Waals surface area contributed by atoms with Gasteiger partial charge < -0.3 is 10.1 Å². The van der Waals surface area contributed by atoms with Crippen LogP contribution in [0.3, 0.4) is 0 Å². The predicted octanol–water partition coefficient (Wildman–Crippen LogP) is 3.85. The maximum atomic E-state index is 12.1. The molecule has 0 atom stereocenters. The molecule has 2 aromatic rings. The molecule has 0 aliphatic carbocycles. The van der Waals surface area contributed by atoms with Crippen LogP contribution in [0.2, 0.25) is 0 Å². The van der Waals surface area contributed by atoms with Crippen molar-refractivity contribution in [3.63, 3.8) is 0 Å². The summed E-state index contributed by atoms with van der Waals surface area (Å²) >= 11 is 0. The first-order chi connectivity index (χ1) is 10.6. The van der Waals surface area contributed by atoms with Crippen molar-refractivity contribution in [3.05, 3.63) is 59.7 Å². The second-order valence-corrected chi connectivity index (χ2v) is 5.37. The summed E-state index contributed by atoms with van der Waals surface area (Å²) in [6.45, 7) is 4.82. The van der Waals surface area contributed by atoms with Gasteiger partial charge in [-0.2, -0.15) is 5.26 Å². The van der Waals surface area contributed by atoms with Crippen molar-refractivity contribution in [1.82, 2.24) is 0 Å². The standard InChI is InChI=1S/C18H18N2O2/c1-13(2)12-22-17-9-5-15(6-10-17)18(21)20-16-7-3-14(11-19)4-8-16/h3-10,13H,12H2,1-2H3,(H,20,21). The molecule has 112 valence electrons. The van der Waals surface area contributed by atoms with E-state index in [9.17, 15) is 4.79 Å². The Morgan fingerprint density at radius 3 is 2.32 bits per heavy atom. The van der Waals surface area contributed by atoms with E-state index in [1.807, 2.05) is 6.07 Å². The summed E-state index contributed by atoms with van der Waals surface area (Å²) in [7, 11) is 0. The highest BCUT2D eigenvalue weighted by Gasteiger charge is 2.06. The van der Waals surface area contributed by atoms with Gasteiger partial charge in [0.2, 0.25) is 0 Å². The molecule has 0 aromatic heterocycles. The fourth-order valence-corrected chi connectivity index (χ4v) is 1.80. The van der Waals surface area contributed by atoms with E-state index < -0.39 is 0 Å². The molecule has 0 unspecified atom stereocenters. The first kappa shape index (κ1) is 15.6. The zero-order chi connectivity index (χ0) is 15.9. The van der Waals surface area contributed by atoms with Crippen LogP contribution < -0.4 is 10.1 Å². The van der Waals surface area contributed by atoms with Crippen molar-refractivity contribution in [2.24, 2.45) is 5.92 Å². The summed E-state index contributed by atoms with van der Waals surface area (Å²) < 4.78 is 5.58. The summed E-state index contributed by atoms with van der Waals surface area (Å²) in [6, 6.07) is 15.8. The van der Waals surface area contributed by atoms with Crippen LogP contribution in [0.5, 0.6) is 5.75 Å². The molecule has 22 heavy (non-hydrogen) atoms. The molecule has 0 aliphatic heterocycles. The highest BCUT2D eigenvalue weighted by molar-refractivity contribution is 6.04. The molecule has 0 fully saturated rings. The number of nitriles is 1. The normalized spacial score (nSPS) is 10.1. The Morgan fingerprint density at radius 1 is 1.14 bits per heavy atom. The van der Waals surface area contributed by atoms with Crippen molar-refractivity contribution < 1.29 is 9.53 Å². The third-order valence-electron chi connectivity index (χ3n) is 2.97. The Morgan fingerprint density at radius 2 is 1.77 bits per heavy atom. The van der Waals surface area contributed by atoms with Crippen molar-refractivity contribution >= 4 is 11.6 Å². The van der Waals surface area contributed by atoms with Gasteiger partial charge in [-0.25, -0.2) is 0 Å². The van der Waals surface area contributed by atoms with Gasteiger partial charge in [0.25, 0.3) is 5.91 Å². The number of carbonyl (C=O) groups is 1. The van der Waals surface area contributed by atoms with Crippen LogP contribution in [-0.2, 0) is 0 Å². The predicted molar refractivity (Wildman–Crippen MR) is 85.9 cm³/mol. The first-order valence-corrected chi connectivity index (χ1v) is 7.13. The van der Waals surface area contributed by atoms with Crippen LogP contribution in [0.25, 0.3) is 0 Å². The molecule has 4 nitrogen and oxygen atoms in total. The zero-order valence-corrected chi connectivity index (χ0v) is 12.7. The lowest BCUT2D eigenvalue weighted by molar-refractivity contribution is 0.102. The number of amides is 1. The third kappa shape index (κ3) is 4.35. The van der Waals surface area contributed by atoms with Gasteiger partial charge >= 0.3 is 0 Å². The molecule has 0 heterocycles. The summed E-state index contributed by atoms with van der Waals surface area (Å²) in [6.07, 6.45) is 0. The second kappa shape index (κ2) is 7.28. The fourth-order valence-electron chi connectivity index (χ4n) is 1.80. The monoisotopic (exact) mass is 294 g/mol. The number of hydrogen-bond acceptors (Lipinski definition) is 3. The van der Waals surface area contributed by atoms with Crippen LogP contribution in [0, 0.1) is 17.2 Å². The Labute approximate surface area is 130 Å². The van der Waals surface area contributed by atoms with Gasteiger partial charge in [0.1, 0.15) is 5.75 Å². The van der Waals surface area contributed by atoms with Crippen molar-refractivity contribution in [3.8, 4) is 11.8 Å². The van der Waals surface area contributed by atoms with Gasteiger partial charge in [0.15, 0.2) is 0 Å². The van der Waals surface area contributed by atoms with E-state index in [0.29, 0.717) is 29.3 Å². The van der Waals surface area contributed by atoms with Gasteiger partial charge in [0, 0.05) is 11.3 Å². The average Bonchev–Trinajstić information content (AvgIpc) is 2.54. The van der Waals surface area contributed by atoms with Gasteiger partial charge in [-0.3, -0.25) is 4.79 Å². The van der Waals surface area contributed by atoms with Crippen LogP contribution in [0.1, 0.15) is 29.8 Å². The minimum atomic E-state index is -0.194. The number of ether oxygens (including phenoxy) is 1. The molecule has 0 bridgehead atoms. The van der Waals surface area contributed by atoms with Gasteiger partial charge in [-0.1, -0.05) is 13.8 Å². The van der Waals surface area contributed by atoms with Gasteiger partial charge in [-0.05, 0) is 54.4 Å². The molecule has 0 spiro atoms. The van der Waals surface area contributed by atoms with Gasteiger partial charge in [-0.15, -0.1) is 0 Å². The minimum Gasteiger partial charge on any atom is -0.493 e. The van der Waals surface area contributed by atoms with Crippen molar-refractivity contribution in [2.75, 3.05) is 11.9 Å². The lowest BCUT2D eigenvalue weighted by atomic mass is 10.2. The third-order valence-corrected chi connectivity index (χ3v) is 2.97. The Balaban J connectivity index is 1.98. The molecule has 0 aliphatic rings. The maximum Gasteiger partial charge on any atom is 0.255 e. The minimum absolute atomic E-state index is 0.194. The van der Waals surface area contributed by atoms with E-state index >= 15 is 0 Å². The summed E-state index contributed by atoms with van der Waals surface area (Å²) in [5.41, 5.74) is 1.77. The van der Waals surface area contributed by atoms with E-state index in [0.717, 1.165) is 5.75 Å². The molecule has 1 N–H and O–H groups in total. The lowest BCUT2D eigenvalue weighted by Gasteiger charge is -2.09. The maximum absolute atomic E-state index is 12.1. The molecule has 2 rings (SSSR count). The molecule has 1 amide bonds. The number of carbonyl (C=O) groups excluding carboxylic acids is 1. The van der Waals surface area contributed by atoms with Crippen LogP contribution in [0.15, 0.2) is 48.5 Å². The van der Waals surface area contributed by atoms with E-state index in [4.69, 9.17) is 10.00 Å². The molecule has 2 aromatic carbocycles. The molecule has 0 saturated carbocycles. The summed E-state index contributed by atoms with van der Waals surface area (Å²) in [4.78, 5) is 12.1. The first-order valence-electron chi connectivity index (χ1n) is 7.13. The Hall–Kier alpha value is -2.80. The zero-order valence-electron chi connectivity index (χ0n) is 12.7. The van der Waals surface area contributed by atoms with Crippen LogP contribution in [0.4, 0.5) is 5.69 Å². The Bertz CT molecular complexity index is 668. The fraction of sp³-hybridized carbons (Fsp3) is 0.222. The highest BCUT2D eigenvalue weighted by Crippen LogP contribution is 2.15. The number of benzene rings is 2. The molecule has 0 radical (unpaired) electrons. The molecular formula is C18H18N2O2. The van der Waals surface area contributed by atoms with E-state index in [1.54, 1.807) is 48.5 Å². The number of anilines is 1. The smallest absolute Gasteiger partial charge is 0.255 e. The SMILES string of the molecule is CC(C)COc1ccc(C(=O)Nc2ccc(C#N)cc2)cc1. The van der Waals surface area contributed by atoms with E-state index in [-0.39, 0.29) is 5.91 Å². The van der Waals surface area contributed by atoms with Crippen LogP contribution >= 0.6 is 0 Å². The molecular weight excluding hydrogens is 276 g/mol. The molecule has 4 heteroatoms. The second-order valence-electron chi connectivity index (χ2n) is 5.37. The topological polar surface area (TPSA) is 62.1 Å². The van der Waals surface area contributed by atoms with E-state index in [1.165, 1.54) is 0 Å². The lowest BCUT2D eigenvalue weighted by Crippen LogP contribution is -2.12.